The van der Waals surface area contributed by atoms with Crippen LogP contribution in [0.2, 0.25) is 0 Å². The number of rotatable bonds is 4. The van der Waals surface area contributed by atoms with Gasteiger partial charge in [0.1, 0.15) is 0 Å². The summed E-state index contributed by atoms with van der Waals surface area (Å²) in [5.41, 5.74) is 6.72. The van der Waals surface area contributed by atoms with Crippen LogP contribution in [0.3, 0.4) is 0 Å². The van der Waals surface area contributed by atoms with Gasteiger partial charge in [-0.2, -0.15) is 0 Å². The number of aliphatic hydroxyl groups excluding tert-OH is 1. The van der Waals surface area contributed by atoms with Gasteiger partial charge in [-0.1, -0.05) is 44.2 Å². The zero-order chi connectivity index (χ0) is 14.0. The van der Waals surface area contributed by atoms with Crippen molar-refractivity contribution in [2.45, 2.75) is 44.9 Å². The Hall–Kier alpha value is -1.39. The zero-order valence-electron chi connectivity index (χ0n) is 11.5. The topological polar surface area (TPSA) is 75.3 Å². The van der Waals surface area contributed by atoms with E-state index in [0.29, 0.717) is 12.8 Å². The lowest BCUT2D eigenvalue weighted by atomic mass is 9.64. The van der Waals surface area contributed by atoms with E-state index in [1.165, 1.54) is 0 Å². The van der Waals surface area contributed by atoms with Gasteiger partial charge in [0.25, 0.3) is 0 Å². The Morgan fingerprint density at radius 2 is 2.11 bits per heavy atom. The summed E-state index contributed by atoms with van der Waals surface area (Å²) in [6, 6.07) is 9.20. The summed E-state index contributed by atoms with van der Waals surface area (Å²) in [5, 5.41) is 12.6. The highest BCUT2D eigenvalue weighted by atomic mass is 16.3. The van der Waals surface area contributed by atoms with Gasteiger partial charge >= 0.3 is 0 Å². The highest BCUT2D eigenvalue weighted by molar-refractivity contribution is 5.82. The summed E-state index contributed by atoms with van der Waals surface area (Å²) >= 11 is 0. The van der Waals surface area contributed by atoms with E-state index in [2.05, 4.69) is 5.32 Å². The van der Waals surface area contributed by atoms with Crippen molar-refractivity contribution in [2.24, 2.45) is 11.1 Å². The number of aliphatic hydroxyl groups is 1. The Morgan fingerprint density at radius 1 is 1.47 bits per heavy atom. The molecule has 0 saturated heterocycles. The number of carbonyl (C=O) groups excluding carboxylic acids is 1. The van der Waals surface area contributed by atoms with E-state index in [0.717, 1.165) is 5.56 Å². The van der Waals surface area contributed by atoms with E-state index in [4.69, 9.17) is 5.73 Å². The van der Waals surface area contributed by atoms with E-state index in [-0.39, 0.29) is 23.5 Å². The Bertz CT molecular complexity index is 445. The number of carbonyl (C=O) groups is 1. The van der Waals surface area contributed by atoms with E-state index in [9.17, 15) is 9.90 Å². The van der Waals surface area contributed by atoms with Crippen LogP contribution in [0.5, 0.6) is 0 Å². The van der Waals surface area contributed by atoms with Gasteiger partial charge in [0.05, 0.1) is 12.1 Å². The largest absolute Gasteiger partial charge is 0.392 e. The summed E-state index contributed by atoms with van der Waals surface area (Å²) < 4.78 is 0. The first-order valence-electron chi connectivity index (χ1n) is 6.69. The molecule has 104 valence electrons. The third-order valence-electron chi connectivity index (χ3n) is 4.17. The van der Waals surface area contributed by atoms with E-state index in [1.54, 1.807) is 0 Å². The molecule has 3 atom stereocenters. The van der Waals surface area contributed by atoms with Crippen molar-refractivity contribution in [3.63, 3.8) is 0 Å². The Labute approximate surface area is 114 Å². The van der Waals surface area contributed by atoms with Gasteiger partial charge in [-0.25, -0.2) is 0 Å². The van der Waals surface area contributed by atoms with E-state index in [1.807, 2.05) is 44.2 Å². The molecule has 2 rings (SSSR count). The number of hydrogen-bond acceptors (Lipinski definition) is 3. The lowest BCUT2D eigenvalue weighted by Gasteiger charge is -2.49. The highest BCUT2D eigenvalue weighted by Gasteiger charge is 2.48. The molecule has 2 unspecified atom stereocenters. The van der Waals surface area contributed by atoms with Crippen molar-refractivity contribution in [3.8, 4) is 0 Å². The summed E-state index contributed by atoms with van der Waals surface area (Å²) in [6.07, 6.45) is 0.794. The summed E-state index contributed by atoms with van der Waals surface area (Å²) in [5.74, 6) is -0.145. The molecule has 1 aliphatic carbocycles. The Kier molecular flexibility index (Phi) is 3.92. The number of nitrogens with one attached hydrogen (secondary N) is 1. The second kappa shape index (κ2) is 5.31. The van der Waals surface area contributed by atoms with Gasteiger partial charge < -0.3 is 16.2 Å². The minimum Gasteiger partial charge on any atom is -0.392 e. The second-order valence-electron chi connectivity index (χ2n) is 5.93. The smallest absolute Gasteiger partial charge is 0.237 e. The van der Waals surface area contributed by atoms with Gasteiger partial charge in [-0.05, 0) is 18.4 Å². The van der Waals surface area contributed by atoms with Crippen LogP contribution in [0.25, 0.3) is 0 Å². The van der Waals surface area contributed by atoms with Crippen molar-refractivity contribution < 1.29 is 9.90 Å². The normalized spacial score (nSPS) is 26.3. The quantitative estimate of drug-likeness (QED) is 0.752. The van der Waals surface area contributed by atoms with Gasteiger partial charge in [0.2, 0.25) is 5.91 Å². The van der Waals surface area contributed by atoms with Crippen molar-refractivity contribution in [3.05, 3.63) is 35.9 Å². The Morgan fingerprint density at radius 3 is 2.63 bits per heavy atom. The monoisotopic (exact) mass is 262 g/mol. The van der Waals surface area contributed by atoms with Gasteiger partial charge in [0, 0.05) is 11.5 Å². The number of hydrogen-bond donors (Lipinski definition) is 3. The van der Waals surface area contributed by atoms with Crippen molar-refractivity contribution >= 4 is 5.91 Å². The van der Waals surface area contributed by atoms with Gasteiger partial charge in [0.15, 0.2) is 0 Å². The minimum atomic E-state index is -0.545. The van der Waals surface area contributed by atoms with Crippen molar-refractivity contribution in [1.82, 2.24) is 5.32 Å². The maximum atomic E-state index is 12.0. The number of nitrogens with two attached hydrogens (primary N) is 1. The lowest BCUT2D eigenvalue weighted by Crippen LogP contribution is -2.63. The molecule has 0 heterocycles. The fourth-order valence-electron chi connectivity index (χ4n) is 2.39. The maximum absolute atomic E-state index is 12.0. The van der Waals surface area contributed by atoms with Crippen LogP contribution < -0.4 is 11.1 Å². The average Bonchev–Trinajstić information content (AvgIpc) is 2.39. The first-order chi connectivity index (χ1) is 8.91. The molecule has 1 aromatic carbocycles. The van der Waals surface area contributed by atoms with Crippen LogP contribution >= 0.6 is 0 Å². The molecule has 0 spiro atoms. The molecular formula is C15H22N2O2. The predicted octanol–water partition coefficient (Wildman–Crippen LogP) is 0.832. The summed E-state index contributed by atoms with van der Waals surface area (Å²) in [7, 11) is 0. The standard InChI is InChI=1S/C15H22N2O2/c1-15(2)12(9-13(15)18)17-14(19)11(16)8-10-6-4-3-5-7-10/h3-7,11-13,18H,8-9,16H2,1-2H3,(H,17,19)/t11-,12?,13?/m1/s1. The molecule has 4 N–H and O–H groups in total. The summed E-state index contributed by atoms with van der Waals surface area (Å²) in [4.78, 5) is 12.0. The number of amides is 1. The van der Waals surface area contributed by atoms with Crippen molar-refractivity contribution in [1.29, 1.82) is 0 Å². The van der Waals surface area contributed by atoms with Gasteiger partial charge in [-0.3, -0.25) is 4.79 Å². The third-order valence-corrected chi connectivity index (χ3v) is 4.17. The molecule has 0 bridgehead atoms. The van der Waals surface area contributed by atoms with E-state index < -0.39 is 6.04 Å². The molecule has 19 heavy (non-hydrogen) atoms. The molecule has 0 aliphatic heterocycles. The molecule has 1 amide bonds. The second-order valence-corrected chi connectivity index (χ2v) is 5.93. The third kappa shape index (κ3) is 2.96. The van der Waals surface area contributed by atoms with Gasteiger partial charge in [-0.15, -0.1) is 0 Å². The lowest BCUT2D eigenvalue weighted by molar-refractivity contribution is -0.130. The molecule has 1 aromatic rings. The molecule has 4 nitrogen and oxygen atoms in total. The molecule has 1 saturated carbocycles. The van der Waals surface area contributed by atoms with Crippen LogP contribution in [-0.4, -0.2) is 29.2 Å². The number of benzene rings is 1. The first kappa shape index (κ1) is 14.0. The minimum absolute atomic E-state index is 0.0109. The molecule has 1 aliphatic rings. The van der Waals surface area contributed by atoms with E-state index >= 15 is 0 Å². The fourth-order valence-corrected chi connectivity index (χ4v) is 2.39. The molecule has 4 heteroatoms. The molecule has 0 radical (unpaired) electrons. The highest BCUT2D eigenvalue weighted by Crippen LogP contribution is 2.40. The van der Waals surface area contributed by atoms with Crippen LogP contribution in [0.15, 0.2) is 30.3 Å². The summed E-state index contributed by atoms with van der Waals surface area (Å²) in [6.45, 7) is 3.91. The van der Waals surface area contributed by atoms with Crippen LogP contribution in [-0.2, 0) is 11.2 Å². The maximum Gasteiger partial charge on any atom is 0.237 e. The molecular weight excluding hydrogens is 240 g/mol. The predicted molar refractivity (Wildman–Crippen MR) is 74.5 cm³/mol. The zero-order valence-corrected chi connectivity index (χ0v) is 11.5. The van der Waals surface area contributed by atoms with Crippen LogP contribution in [0.4, 0.5) is 0 Å². The Balaban J connectivity index is 1.87. The van der Waals surface area contributed by atoms with Crippen LogP contribution in [0, 0.1) is 5.41 Å². The SMILES string of the molecule is CC1(C)C(O)CC1NC(=O)[C@H](N)Cc1ccccc1. The first-order valence-corrected chi connectivity index (χ1v) is 6.69. The molecule has 1 fully saturated rings. The fraction of sp³-hybridized carbons (Fsp3) is 0.533. The van der Waals surface area contributed by atoms with Crippen LogP contribution in [0.1, 0.15) is 25.8 Å². The molecule has 0 aromatic heterocycles. The van der Waals surface area contributed by atoms with Crippen molar-refractivity contribution in [2.75, 3.05) is 0 Å². The average molecular weight is 262 g/mol.